The molecule has 0 amide bonds. The van der Waals surface area contributed by atoms with Crippen LogP contribution >= 0.6 is 0 Å². The fraction of sp³-hybridized carbons (Fsp3) is 0.786. The SMILES string of the molecule is Cc1cc(C[N+]23CC[N+](C(C)C)(CC2)CC3)c(C)cc1C[N+]12CC[N+](C(C)C)(CC1)CC2. The van der Waals surface area contributed by atoms with E-state index in [-0.39, 0.29) is 0 Å². The van der Waals surface area contributed by atoms with E-state index in [0.717, 1.165) is 12.1 Å². The van der Waals surface area contributed by atoms with Crippen LogP contribution in [0, 0.1) is 13.8 Å². The zero-order valence-corrected chi connectivity index (χ0v) is 22.0. The minimum atomic E-state index is 0.794. The van der Waals surface area contributed by atoms with Gasteiger partial charge in [0.25, 0.3) is 0 Å². The first-order valence-corrected chi connectivity index (χ1v) is 13.6. The van der Waals surface area contributed by atoms with Crippen LogP contribution in [0.1, 0.15) is 49.9 Å². The number of hydrogen-bond donors (Lipinski definition) is 0. The van der Waals surface area contributed by atoms with Gasteiger partial charge in [0.05, 0.1) is 12.1 Å². The summed E-state index contributed by atoms with van der Waals surface area (Å²) < 4.78 is 5.46. The molecule has 178 valence electrons. The quantitative estimate of drug-likeness (QED) is 0.592. The lowest BCUT2D eigenvalue weighted by Crippen LogP contribution is -2.76. The average molecular weight is 443 g/mol. The molecule has 6 aliphatic rings. The summed E-state index contributed by atoms with van der Waals surface area (Å²) in [7, 11) is 0. The molecule has 4 bridgehead atoms. The minimum Gasteiger partial charge on any atom is -0.308 e. The summed E-state index contributed by atoms with van der Waals surface area (Å²) in [4.78, 5) is 0. The molecule has 4 heteroatoms. The molecule has 0 atom stereocenters. The van der Waals surface area contributed by atoms with Gasteiger partial charge >= 0.3 is 0 Å². The zero-order valence-electron chi connectivity index (χ0n) is 22.0. The molecule has 6 fully saturated rings. The van der Waals surface area contributed by atoms with Gasteiger partial charge in [-0.25, -0.2) is 0 Å². The first-order chi connectivity index (χ1) is 15.1. The second-order valence-corrected chi connectivity index (χ2v) is 13.0. The number of nitrogens with zero attached hydrogens (tertiary/aromatic N) is 4. The van der Waals surface area contributed by atoms with Crippen LogP contribution in [0.25, 0.3) is 0 Å². The molecule has 6 aliphatic heterocycles. The molecule has 0 radical (unpaired) electrons. The lowest BCUT2D eigenvalue weighted by molar-refractivity contribution is -1.09. The Morgan fingerprint density at radius 2 is 0.812 bits per heavy atom. The van der Waals surface area contributed by atoms with Crippen LogP contribution in [0.4, 0.5) is 0 Å². The predicted molar refractivity (Wildman–Crippen MR) is 133 cm³/mol. The number of quaternary nitrogens is 4. The van der Waals surface area contributed by atoms with Gasteiger partial charge in [-0.3, -0.25) is 0 Å². The molecule has 0 aliphatic carbocycles. The third-order valence-corrected chi connectivity index (χ3v) is 11.1. The summed E-state index contributed by atoms with van der Waals surface area (Å²) in [6.45, 7) is 33.7. The highest BCUT2D eigenvalue weighted by molar-refractivity contribution is 5.36. The van der Waals surface area contributed by atoms with E-state index >= 15 is 0 Å². The van der Waals surface area contributed by atoms with Crippen molar-refractivity contribution in [2.75, 3.05) is 78.5 Å². The Bertz CT molecular complexity index is 750. The maximum atomic E-state index is 2.59. The maximum absolute atomic E-state index is 2.59. The Morgan fingerprint density at radius 3 is 1.06 bits per heavy atom. The summed E-state index contributed by atoms with van der Waals surface area (Å²) >= 11 is 0. The highest BCUT2D eigenvalue weighted by Crippen LogP contribution is 2.34. The standard InChI is InChI=1S/C28H50N4/c1-23(2)31-13-7-29(8-14-31,9-15-31)21-27-19-26(6)28(20-25(27)5)22-30-10-16-32(17-11-30,18-12-30)24(3)4/h19-20,23-24H,7-18,21-22H2,1-6H3/q+4. The van der Waals surface area contributed by atoms with Gasteiger partial charge in [-0.1, -0.05) is 0 Å². The van der Waals surface area contributed by atoms with Gasteiger partial charge in [-0.05, 0) is 64.8 Å². The van der Waals surface area contributed by atoms with Crippen molar-refractivity contribution < 1.29 is 17.9 Å². The van der Waals surface area contributed by atoms with E-state index < -0.39 is 0 Å². The van der Waals surface area contributed by atoms with Gasteiger partial charge in [0.2, 0.25) is 0 Å². The lowest BCUT2D eigenvalue weighted by atomic mass is 9.95. The average Bonchev–Trinajstić information content (AvgIpc) is 2.79. The van der Waals surface area contributed by atoms with Crippen molar-refractivity contribution in [3.8, 4) is 0 Å². The van der Waals surface area contributed by atoms with Crippen LogP contribution in [0.5, 0.6) is 0 Å². The van der Waals surface area contributed by atoms with E-state index in [1.165, 1.54) is 110 Å². The Balaban J connectivity index is 1.29. The highest BCUT2D eigenvalue weighted by Gasteiger charge is 2.51. The van der Waals surface area contributed by atoms with E-state index in [2.05, 4.69) is 53.7 Å². The molecule has 7 rings (SSSR count). The molecule has 0 N–H and O–H groups in total. The molecule has 0 aromatic heterocycles. The Kier molecular flexibility index (Phi) is 5.56. The molecule has 6 heterocycles. The molecule has 6 saturated heterocycles. The van der Waals surface area contributed by atoms with Crippen molar-refractivity contribution in [3.63, 3.8) is 0 Å². The van der Waals surface area contributed by atoms with Crippen LogP contribution in [0.2, 0.25) is 0 Å². The van der Waals surface area contributed by atoms with E-state index in [0.29, 0.717) is 0 Å². The topological polar surface area (TPSA) is 0 Å². The summed E-state index contributed by atoms with van der Waals surface area (Å²) in [6, 6.07) is 6.77. The van der Waals surface area contributed by atoms with Gasteiger partial charge in [0.1, 0.15) is 91.6 Å². The van der Waals surface area contributed by atoms with Crippen LogP contribution < -0.4 is 0 Å². The molecule has 0 saturated carbocycles. The van der Waals surface area contributed by atoms with Crippen molar-refractivity contribution in [1.82, 2.24) is 0 Å². The summed E-state index contributed by atoms with van der Waals surface area (Å²) in [5, 5.41) is 0. The van der Waals surface area contributed by atoms with Gasteiger partial charge in [0.15, 0.2) is 0 Å². The third-order valence-electron chi connectivity index (χ3n) is 11.1. The van der Waals surface area contributed by atoms with Crippen LogP contribution in [-0.2, 0) is 13.1 Å². The molecular weight excluding hydrogens is 392 g/mol. The van der Waals surface area contributed by atoms with E-state index in [1.807, 2.05) is 0 Å². The van der Waals surface area contributed by atoms with Crippen molar-refractivity contribution in [2.24, 2.45) is 0 Å². The number of benzene rings is 1. The van der Waals surface area contributed by atoms with Crippen LogP contribution in [0.15, 0.2) is 12.1 Å². The molecule has 1 aromatic rings. The molecule has 32 heavy (non-hydrogen) atoms. The molecule has 1 aromatic carbocycles. The largest absolute Gasteiger partial charge is 0.308 e. The Morgan fingerprint density at radius 1 is 0.531 bits per heavy atom. The van der Waals surface area contributed by atoms with E-state index in [4.69, 9.17) is 0 Å². The third kappa shape index (κ3) is 3.66. The first kappa shape index (κ1) is 22.8. The number of fused-ring (bicyclic) bond motifs is 6. The number of rotatable bonds is 6. The van der Waals surface area contributed by atoms with E-state index in [1.54, 1.807) is 22.3 Å². The molecule has 4 nitrogen and oxygen atoms in total. The maximum Gasteiger partial charge on any atom is 0.129 e. The van der Waals surface area contributed by atoms with Crippen LogP contribution in [-0.4, -0.2) is 109 Å². The minimum absolute atomic E-state index is 0.794. The number of piperazine rings is 6. The Hall–Kier alpha value is -0.940. The van der Waals surface area contributed by atoms with Gasteiger partial charge in [-0.15, -0.1) is 0 Å². The monoisotopic (exact) mass is 442 g/mol. The van der Waals surface area contributed by atoms with E-state index in [9.17, 15) is 0 Å². The van der Waals surface area contributed by atoms with Gasteiger partial charge in [0, 0.05) is 11.1 Å². The second kappa shape index (κ2) is 7.80. The summed E-state index contributed by atoms with van der Waals surface area (Å²) in [5.41, 5.74) is 6.37. The first-order valence-electron chi connectivity index (χ1n) is 13.6. The van der Waals surface area contributed by atoms with Gasteiger partial charge in [-0.2, -0.15) is 0 Å². The fourth-order valence-electron chi connectivity index (χ4n) is 7.83. The summed E-state index contributed by atoms with van der Waals surface area (Å²) in [6.07, 6.45) is 0. The smallest absolute Gasteiger partial charge is 0.129 e. The van der Waals surface area contributed by atoms with Crippen molar-refractivity contribution in [3.05, 3.63) is 34.4 Å². The Labute approximate surface area is 197 Å². The van der Waals surface area contributed by atoms with Crippen molar-refractivity contribution in [1.29, 1.82) is 0 Å². The number of aryl methyl sites for hydroxylation is 2. The van der Waals surface area contributed by atoms with Crippen molar-refractivity contribution in [2.45, 2.75) is 66.7 Å². The second-order valence-electron chi connectivity index (χ2n) is 13.0. The van der Waals surface area contributed by atoms with Crippen molar-refractivity contribution >= 4 is 0 Å². The molecular formula is C28H50N4+4. The van der Waals surface area contributed by atoms with Gasteiger partial charge < -0.3 is 17.9 Å². The lowest BCUT2D eigenvalue weighted by Gasteiger charge is -2.57. The summed E-state index contributed by atoms with van der Waals surface area (Å²) in [5.74, 6) is 0. The molecule has 0 unspecified atom stereocenters. The molecule has 0 spiro atoms. The fourth-order valence-corrected chi connectivity index (χ4v) is 7.83. The highest BCUT2D eigenvalue weighted by atomic mass is 15.5. The normalized spacial score (nSPS) is 38.8. The predicted octanol–water partition coefficient (Wildman–Crippen LogP) is 3.44. The van der Waals surface area contributed by atoms with Crippen LogP contribution in [0.3, 0.4) is 0 Å². The zero-order chi connectivity index (χ0) is 22.8. The number of hydrogen-bond acceptors (Lipinski definition) is 0.